The van der Waals surface area contributed by atoms with Crippen LogP contribution in [0, 0.1) is 0 Å². The summed E-state index contributed by atoms with van der Waals surface area (Å²) >= 11 is 3.50. The van der Waals surface area contributed by atoms with E-state index < -0.39 is 5.91 Å². The van der Waals surface area contributed by atoms with Crippen LogP contribution in [0.25, 0.3) is 21.9 Å². The molecule has 0 atom stereocenters. The zero-order chi connectivity index (χ0) is 14.1. The molecule has 0 unspecified atom stereocenters. The molecule has 0 aliphatic rings. The largest absolute Gasteiger partial charge is 0.364 e. The number of nitrogens with zero attached hydrogens (tertiary/aromatic N) is 2. The fourth-order valence-corrected chi connectivity index (χ4v) is 2.66. The Labute approximate surface area is 123 Å². The van der Waals surface area contributed by atoms with E-state index in [2.05, 4.69) is 25.9 Å². The fraction of sp³-hybridized carbons (Fsp3) is 0. The average Bonchev–Trinajstić information content (AvgIpc) is 2.47. The van der Waals surface area contributed by atoms with Crippen LogP contribution in [-0.4, -0.2) is 15.9 Å². The van der Waals surface area contributed by atoms with E-state index in [4.69, 9.17) is 5.73 Å². The summed E-state index contributed by atoms with van der Waals surface area (Å²) in [4.78, 5) is 19.8. The number of benzene rings is 1. The summed E-state index contributed by atoms with van der Waals surface area (Å²) in [6.07, 6.45) is 5.06. The number of fused-ring (bicyclic) bond motifs is 1. The maximum atomic E-state index is 11.5. The van der Waals surface area contributed by atoms with Crippen LogP contribution in [0.2, 0.25) is 0 Å². The second kappa shape index (κ2) is 5.02. The van der Waals surface area contributed by atoms with Gasteiger partial charge in [-0.05, 0) is 17.5 Å². The van der Waals surface area contributed by atoms with Gasteiger partial charge in [-0.2, -0.15) is 0 Å². The molecule has 0 aliphatic carbocycles. The highest BCUT2D eigenvalue weighted by Gasteiger charge is 2.14. The van der Waals surface area contributed by atoms with Crippen molar-refractivity contribution < 1.29 is 4.79 Å². The number of carbonyl (C=O) groups excluding carboxylic acids is 1. The molecule has 0 spiro atoms. The topological polar surface area (TPSA) is 68.9 Å². The predicted octanol–water partition coefficient (Wildman–Crippen LogP) is 3.16. The smallest absolute Gasteiger partial charge is 0.267 e. The Bertz CT molecular complexity index is 817. The second-order valence-corrected chi connectivity index (χ2v) is 5.14. The number of hydrogen-bond donors (Lipinski definition) is 1. The minimum atomic E-state index is -0.549. The number of carbonyl (C=O) groups is 1. The molecule has 3 rings (SSSR count). The van der Waals surface area contributed by atoms with Crippen LogP contribution in [0.5, 0.6) is 0 Å². The molecule has 0 saturated heterocycles. The quantitative estimate of drug-likeness (QED) is 0.786. The van der Waals surface area contributed by atoms with Gasteiger partial charge in [-0.25, -0.2) is 0 Å². The van der Waals surface area contributed by atoms with Crippen LogP contribution < -0.4 is 5.73 Å². The Balaban J connectivity index is 2.36. The van der Waals surface area contributed by atoms with Crippen molar-refractivity contribution in [2.75, 3.05) is 0 Å². The van der Waals surface area contributed by atoms with Gasteiger partial charge in [-0.15, -0.1) is 0 Å². The maximum Gasteiger partial charge on any atom is 0.267 e. The van der Waals surface area contributed by atoms with Crippen molar-refractivity contribution in [3.8, 4) is 11.1 Å². The molecule has 0 aliphatic heterocycles. The van der Waals surface area contributed by atoms with E-state index in [-0.39, 0.29) is 5.69 Å². The van der Waals surface area contributed by atoms with E-state index >= 15 is 0 Å². The zero-order valence-electron chi connectivity index (χ0n) is 10.4. The Morgan fingerprint density at radius 2 is 1.90 bits per heavy atom. The molecule has 5 heteroatoms. The molecule has 3 aromatic rings. The van der Waals surface area contributed by atoms with Crippen molar-refractivity contribution in [2.45, 2.75) is 0 Å². The molecule has 98 valence electrons. The molecule has 1 aromatic carbocycles. The lowest BCUT2D eigenvalue weighted by Gasteiger charge is -2.09. The highest BCUT2D eigenvalue weighted by atomic mass is 79.9. The lowest BCUT2D eigenvalue weighted by Crippen LogP contribution is -2.14. The number of aromatic nitrogens is 2. The Morgan fingerprint density at radius 3 is 2.70 bits per heavy atom. The first-order valence-corrected chi connectivity index (χ1v) is 6.75. The van der Waals surface area contributed by atoms with Gasteiger partial charge in [0.05, 0.1) is 0 Å². The number of rotatable bonds is 2. The molecule has 20 heavy (non-hydrogen) atoms. The minimum absolute atomic E-state index is 0.252. The number of pyridine rings is 2. The summed E-state index contributed by atoms with van der Waals surface area (Å²) in [6.45, 7) is 0. The lowest BCUT2D eigenvalue weighted by molar-refractivity contribution is 0.0996. The highest BCUT2D eigenvalue weighted by molar-refractivity contribution is 9.10. The third-order valence-corrected chi connectivity index (χ3v) is 3.77. The first-order valence-electron chi connectivity index (χ1n) is 5.96. The molecule has 2 aromatic heterocycles. The summed E-state index contributed by atoms with van der Waals surface area (Å²) in [5.41, 5.74) is 7.18. The molecule has 2 heterocycles. The molecule has 0 radical (unpaired) electrons. The monoisotopic (exact) mass is 327 g/mol. The van der Waals surface area contributed by atoms with Gasteiger partial charge in [0.2, 0.25) is 0 Å². The molecule has 1 amide bonds. The summed E-state index contributed by atoms with van der Waals surface area (Å²) in [5, 5.41) is 1.97. The third kappa shape index (κ3) is 2.06. The molecule has 0 bridgehead atoms. The van der Waals surface area contributed by atoms with Gasteiger partial charge in [-0.3, -0.25) is 14.8 Å². The Kier molecular flexibility index (Phi) is 3.20. The molecular formula is C15H10BrN3O. The van der Waals surface area contributed by atoms with Crippen LogP contribution >= 0.6 is 15.9 Å². The van der Waals surface area contributed by atoms with Gasteiger partial charge in [0.1, 0.15) is 5.69 Å². The maximum absolute atomic E-state index is 11.5. The van der Waals surface area contributed by atoms with E-state index in [0.29, 0.717) is 5.56 Å². The molecule has 2 N–H and O–H groups in total. The van der Waals surface area contributed by atoms with Gasteiger partial charge >= 0.3 is 0 Å². The summed E-state index contributed by atoms with van der Waals surface area (Å²) in [5.74, 6) is -0.549. The van der Waals surface area contributed by atoms with Gasteiger partial charge in [-0.1, -0.05) is 34.1 Å². The van der Waals surface area contributed by atoms with Crippen molar-refractivity contribution in [1.29, 1.82) is 0 Å². The predicted molar refractivity (Wildman–Crippen MR) is 81.2 cm³/mol. The normalized spacial score (nSPS) is 10.7. The fourth-order valence-electron chi connectivity index (χ4n) is 2.19. The molecule has 4 nitrogen and oxygen atoms in total. The van der Waals surface area contributed by atoms with Gasteiger partial charge < -0.3 is 5.73 Å². The first kappa shape index (κ1) is 12.7. The van der Waals surface area contributed by atoms with Crippen LogP contribution in [-0.2, 0) is 0 Å². The highest BCUT2D eigenvalue weighted by Crippen LogP contribution is 2.32. The number of nitrogens with two attached hydrogens (primary N) is 1. The summed E-state index contributed by atoms with van der Waals surface area (Å²) < 4.78 is 0.953. The van der Waals surface area contributed by atoms with E-state index in [1.807, 2.05) is 24.3 Å². The van der Waals surface area contributed by atoms with Crippen molar-refractivity contribution >= 4 is 32.6 Å². The third-order valence-electron chi connectivity index (χ3n) is 3.08. The van der Waals surface area contributed by atoms with Gasteiger partial charge in [0, 0.05) is 39.6 Å². The van der Waals surface area contributed by atoms with Crippen molar-refractivity contribution in [3.05, 3.63) is 59.1 Å². The van der Waals surface area contributed by atoms with E-state index in [1.165, 1.54) is 0 Å². The summed E-state index contributed by atoms with van der Waals surface area (Å²) in [7, 11) is 0. The van der Waals surface area contributed by atoms with Crippen LogP contribution in [0.1, 0.15) is 10.5 Å². The minimum Gasteiger partial charge on any atom is -0.364 e. The van der Waals surface area contributed by atoms with E-state index in [0.717, 1.165) is 20.8 Å². The Hall–Kier alpha value is -2.27. The number of halogens is 1. The number of hydrogen-bond acceptors (Lipinski definition) is 3. The van der Waals surface area contributed by atoms with Crippen LogP contribution in [0.4, 0.5) is 0 Å². The van der Waals surface area contributed by atoms with Crippen molar-refractivity contribution in [1.82, 2.24) is 9.97 Å². The van der Waals surface area contributed by atoms with E-state index in [9.17, 15) is 4.79 Å². The first-order chi connectivity index (χ1) is 9.68. The van der Waals surface area contributed by atoms with Crippen LogP contribution in [0.15, 0.2) is 53.4 Å². The van der Waals surface area contributed by atoms with Crippen molar-refractivity contribution in [3.63, 3.8) is 0 Å². The number of amides is 1. The van der Waals surface area contributed by atoms with E-state index in [1.54, 1.807) is 24.7 Å². The average molecular weight is 328 g/mol. The molecule has 0 saturated carbocycles. The van der Waals surface area contributed by atoms with Crippen molar-refractivity contribution in [2.24, 2.45) is 5.73 Å². The molecular weight excluding hydrogens is 318 g/mol. The van der Waals surface area contributed by atoms with Gasteiger partial charge in [0.25, 0.3) is 5.91 Å². The van der Waals surface area contributed by atoms with Crippen LogP contribution in [0.3, 0.4) is 0 Å². The number of primary amides is 1. The zero-order valence-corrected chi connectivity index (χ0v) is 12.0. The van der Waals surface area contributed by atoms with Gasteiger partial charge in [0.15, 0.2) is 0 Å². The Morgan fingerprint density at radius 1 is 1.05 bits per heavy atom. The lowest BCUT2D eigenvalue weighted by atomic mass is 9.99. The SMILES string of the molecule is NC(=O)c1ncccc1-c1cncc2c(Br)cccc12. The summed E-state index contributed by atoms with van der Waals surface area (Å²) in [6, 6.07) is 9.47. The standard InChI is InChI=1S/C15H10BrN3O/c16-13-5-1-3-9-11(7-18-8-12(9)13)10-4-2-6-19-14(10)15(17)20/h1-8H,(H2,17,20). The second-order valence-electron chi connectivity index (χ2n) is 4.29. The molecule has 0 fully saturated rings.